The van der Waals surface area contributed by atoms with Gasteiger partial charge in [0.25, 0.3) is 5.56 Å². The van der Waals surface area contributed by atoms with Gasteiger partial charge in [0.1, 0.15) is 6.54 Å². The molecule has 184 valence electrons. The summed E-state index contributed by atoms with van der Waals surface area (Å²) in [7, 11) is 0. The Kier molecular flexibility index (Phi) is 9.67. The van der Waals surface area contributed by atoms with Gasteiger partial charge in [0.05, 0.1) is 10.9 Å². The second-order valence-corrected chi connectivity index (χ2v) is 8.86. The number of carbonyl (C=O) groups is 2. The van der Waals surface area contributed by atoms with E-state index in [1.54, 1.807) is 24.3 Å². The lowest BCUT2D eigenvalue weighted by Gasteiger charge is -2.15. The lowest BCUT2D eigenvalue weighted by molar-refractivity contribution is -0.122. The molecule has 1 aromatic heterocycles. The van der Waals surface area contributed by atoms with Crippen LogP contribution in [0.1, 0.15) is 64.7 Å². The number of nitrogens with zero attached hydrogens (tertiary/aromatic N) is 2. The number of unbranched alkanes of at least 4 members (excludes halogenated alkanes) is 1. The van der Waals surface area contributed by atoms with Crippen molar-refractivity contribution in [2.24, 2.45) is 0 Å². The van der Waals surface area contributed by atoms with Gasteiger partial charge in [-0.3, -0.25) is 23.5 Å². The lowest BCUT2D eigenvalue weighted by atomic mass is 9.97. The van der Waals surface area contributed by atoms with Crippen molar-refractivity contribution in [1.29, 1.82) is 0 Å². The highest BCUT2D eigenvalue weighted by Gasteiger charge is 2.15. The van der Waals surface area contributed by atoms with Crippen molar-refractivity contribution in [3.05, 3.63) is 56.8 Å². The molecule has 0 saturated heterocycles. The Hall–Kier alpha value is -3.16. The van der Waals surface area contributed by atoms with Gasteiger partial charge in [-0.25, -0.2) is 4.79 Å². The largest absolute Gasteiger partial charge is 0.356 e. The number of fused-ring (bicyclic) bond motifs is 1. The number of carbonyl (C=O) groups excluding carboxylic acids is 2. The fraction of sp³-hybridized carbons (Fsp3) is 0.538. The standard InChI is InChI=1S/C26H36N4O4/c1-2-3-16-27-23(31)14-9-18-29-25(33)21-12-7-8-13-22(21)30(26(29)34)19-24(32)28-17-15-20-10-5-4-6-11-20/h7-8,10,12-13H,2-6,9,11,14-19H2,1H3,(H,27,31)(H,28,32). The molecule has 0 radical (unpaired) electrons. The van der Waals surface area contributed by atoms with Crippen LogP contribution >= 0.6 is 0 Å². The zero-order valence-corrected chi connectivity index (χ0v) is 20.1. The van der Waals surface area contributed by atoms with Gasteiger partial charge < -0.3 is 10.6 Å². The molecular weight excluding hydrogens is 432 g/mol. The molecule has 34 heavy (non-hydrogen) atoms. The third-order valence-corrected chi connectivity index (χ3v) is 6.23. The molecule has 2 N–H and O–H groups in total. The van der Waals surface area contributed by atoms with Gasteiger partial charge in [-0.2, -0.15) is 0 Å². The number of rotatable bonds is 12. The molecule has 2 amide bonds. The van der Waals surface area contributed by atoms with Crippen molar-refractivity contribution >= 4 is 22.7 Å². The summed E-state index contributed by atoms with van der Waals surface area (Å²) >= 11 is 0. The summed E-state index contributed by atoms with van der Waals surface area (Å²) in [5.41, 5.74) is 0.894. The molecule has 1 heterocycles. The first-order valence-corrected chi connectivity index (χ1v) is 12.4. The van der Waals surface area contributed by atoms with Gasteiger partial charge in [-0.15, -0.1) is 0 Å². The topological polar surface area (TPSA) is 102 Å². The van der Waals surface area contributed by atoms with Gasteiger partial charge >= 0.3 is 5.69 Å². The van der Waals surface area contributed by atoms with Crippen molar-refractivity contribution < 1.29 is 9.59 Å². The van der Waals surface area contributed by atoms with Crippen molar-refractivity contribution in [2.75, 3.05) is 13.1 Å². The van der Waals surface area contributed by atoms with E-state index < -0.39 is 11.2 Å². The molecule has 0 bridgehead atoms. The second kappa shape index (κ2) is 12.9. The summed E-state index contributed by atoms with van der Waals surface area (Å²) in [5, 5.41) is 6.13. The highest BCUT2D eigenvalue weighted by molar-refractivity contribution is 5.81. The van der Waals surface area contributed by atoms with Gasteiger partial charge in [0.15, 0.2) is 0 Å². The maximum Gasteiger partial charge on any atom is 0.331 e. The number of benzene rings is 1. The van der Waals surface area contributed by atoms with Crippen LogP contribution in [0.25, 0.3) is 10.9 Å². The summed E-state index contributed by atoms with van der Waals surface area (Å²) in [4.78, 5) is 50.8. The summed E-state index contributed by atoms with van der Waals surface area (Å²) in [6, 6.07) is 6.83. The molecule has 8 nitrogen and oxygen atoms in total. The first-order valence-electron chi connectivity index (χ1n) is 12.4. The Morgan fingerprint density at radius 1 is 0.971 bits per heavy atom. The van der Waals surface area contributed by atoms with Crippen LogP contribution in [0.4, 0.5) is 0 Å². The second-order valence-electron chi connectivity index (χ2n) is 8.86. The number of amides is 2. The van der Waals surface area contributed by atoms with Gasteiger partial charge in [-0.1, -0.05) is 37.1 Å². The highest BCUT2D eigenvalue weighted by Crippen LogP contribution is 2.19. The lowest BCUT2D eigenvalue weighted by Crippen LogP contribution is -2.43. The third kappa shape index (κ3) is 6.92. The number of para-hydroxylation sites is 1. The number of aromatic nitrogens is 2. The molecule has 3 rings (SSSR count). The SMILES string of the molecule is CCCCNC(=O)CCCn1c(=O)c2ccccc2n(CC(=O)NCCC2=CCCCC2)c1=O. The first-order chi connectivity index (χ1) is 16.5. The van der Waals surface area contributed by atoms with Crippen molar-refractivity contribution in [1.82, 2.24) is 19.8 Å². The van der Waals surface area contributed by atoms with Crippen LogP contribution in [-0.4, -0.2) is 34.0 Å². The Labute approximate surface area is 200 Å². The van der Waals surface area contributed by atoms with E-state index in [4.69, 9.17) is 0 Å². The van der Waals surface area contributed by atoms with Gasteiger partial charge in [-0.05, 0) is 57.1 Å². The minimum absolute atomic E-state index is 0.0879. The summed E-state index contributed by atoms with van der Waals surface area (Å²) in [6.45, 7) is 3.18. The van der Waals surface area contributed by atoms with E-state index in [-0.39, 0.29) is 31.3 Å². The minimum atomic E-state index is -0.528. The van der Waals surface area contributed by atoms with Crippen molar-refractivity contribution in [2.45, 2.75) is 77.8 Å². The van der Waals surface area contributed by atoms with Crippen LogP contribution in [0.15, 0.2) is 45.5 Å². The van der Waals surface area contributed by atoms with Crippen LogP contribution < -0.4 is 21.9 Å². The summed E-state index contributed by atoms with van der Waals surface area (Å²) < 4.78 is 2.50. The van der Waals surface area contributed by atoms with Crippen LogP contribution in [0.5, 0.6) is 0 Å². The van der Waals surface area contributed by atoms with E-state index in [2.05, 4.69) is 23.6 Å². The molecule has 1 aromatic carbocycles. The Morgan fingerprint density at radius 2 is 1.76 bits per heavy atom. The van der Waals surface area contributed by atoms with E-state index in [0.717, 1.165) is 36.7 Å². The Balaban J connectivity index is 1.69. The molecule has 0 fully saturated rings. The summed E-state index contributed by atoms with van der Waals surface area (Å²) in [6.07, 6.45) is 10.2. The maximum absolute atomic E-state index is 13.2. The molecule has 0 unspecified atom stereocenters. The molecule has 1 aliphatic rings. The average Bonchev–Trinajstić information content (AvgIpc) is 2.85. The van der Waals surface area contributed by atoms with Gasteiger partial charge in [0.2, 0.25) is 11.8 Å². The van der Waals surface area contributed by atoms with Crippen LogP contribution in [-0.2, 0) is 22.7 Å². The molecular formula is C26H36N4O4. The zero-order chi connectivity index (χ0) is 24.3. The highest BCUT2D eigenvalue weighted by atomic mass is 16.2. The van der Waals surface area contributed by atoms with Crippen LogP contribution in [0.2, 0.25) is 0 Å². The fourth-order valence-corrected chi connectivity index (χ4v) is 4.31. The van der Waals surface area contributed by atoms with Gasteiger partial charge in [0, 0.05) is 26.1 Å². The molecule has 0 atom stereocenters. The minimum Gasteiger partial charge on any atom is -0.356 e. The number of hydrogen-bond donors (Lipinski definition) is 2. The smallest absolute Gasteiger partial charge is 0.331 e. The molecule has 0 aliphatic heterocycles. The predicted octanol–water partition coefficient (Wildman–Crippen LogP) is 2.87. The van der Waals surface area contributed by atoms with E-state index in [9.17, 15) is 19.2 Å². The normalized spacial score (nSPS) is 13.5. The molecule has 0 spiro atoms. The van der Waals surface area contributed by atoms with Crippen LogP contribution in [0.3, 0.4) is 0 Å². The quantitative estimate of drug-likeness (QED) is 0.369. The van der Waals surface area contributed by atoms with E-state index >= 15 is 0 Å². The van der Waals surface area contributed by atoms with E-state index in [0.29, 0.717) is 30.4 Å². The maximum atomic E-state index is 13.2. The molecule has 0 saturated carbocycles. The Bertz CT molecular complexity index is 1150. The van der Waals surface area contributed by atoms with Crippen molar-refractivity contribution in [3.63, 3.8) is 0 Å². The number of nitrogens with one attached hydrogen (secondary N) is 2. The van der Waals surface area contributed by atoms with Crippen molar-refractivity contribution in [3.8, 4) is 0 Å². The van der Waals surface area contributed by atoms with Crippen LogP contribution in [0, 0.1) is 0 Å². The third-order valence-electron chi connectivity index (χ3n) is 6.23. The van der Waals surface area contributed by atoms with E-state index in [1.807, 2.05) is 0 Å². The zero-order valence-electron chi connectivity index (χ0n) is 20.1. The Morgan fingerprint density at radius 3 is 2.53 bits per heavy atom. The first kappa shape index (κ1) is 25.5. The molecule has 2 aromatic rings. The van der Waals surface area contributed by atoms with E-state index in [1.165, 1.54) is 23.0 Å². The molecule has 1 aliphatic carbocycles. The number of hydrogen-bond acceptors (Lipinski definition) is 4. The fourth-order valence-electron chi connectivity index (χ4n) is 4.31. The number of allylic oxidation sites excluding steroid dienone is 1. The molecule has 8 heteroatoms. The summed E-state index contributed by atoms with van der Waals surface area (Å²) in [5.74, 6) is -0.348. The predicted molar refractivity (Wildman–Crippen MR) is 134 cm³/mol. The average molecular weight is 469 g/mol. The monoisotopic (exact) mass is 468 g/mol.